The van der Waals surface area contributed by atoms with E-state index >= 15 is 0 Å². The molecule has 1 saturated heterocycles. The number of rotatable bonds is 8. The number of anilines is 1. The van der Waals surface area contributed by atoms with E-state index in [4.69, 9.17) is 16.3 Å². The maximum absolute atomic E-state index is 12.8. The lowest BCUT2D eigenvalue weighted by Gasteiger charge is -2.17. The molecule has 0 radical (unpaired) electrons. The van der Waals surface area contributed by atoms with Crippen molar-refractivity contribution in [2.45, 2.75) is 43.9 Å². The molecular weight excluding hydrogens is 452 g/mol. The van der Waals surface area contributed by atoms with E-state index < -0.39 is 28.5 Å². The summed E-state index contributed by atoms with van der Waals surface area (Å²) in [5.74, 6) is -1.02. The molecule has 0 unspecified atom stereocenters. The van der Waals surface area contributed by atoms with Crippen molar-refractivity contribution in [3.05, 3.63) is 58.6 Å². The maximum atomic E-state index is 12.8. The summed E-state index contributed by atoms with van der Waals surface area (Å²) >= 11 is 6.11. The zero-order chi connectivity index (χ0) is 23.3. The second kappa shape index (κ2) is 10.5. The normalized spacial score (nSPS) is 15.3. The van der Waals surface area contributed by atoms with Crippen LogP contribution in [0.25, 0.3) is 0 Å². The highest BCUT2D eigenvalue weighted by atomic mass is 35.5. The molecule has 0 saturated carbocycles. The van der Waals surface area contributed by atoms with E-state index in [2.05, 4.69) is 19.2 Å². The SMILES string of the molecule is CC[C@H](C)c1ccccc1NC(=O)COC(=O)c1ccc(Cl)c(S(=O)(=O)N2CCCC2)c1. The minimum absolute atomic E-state index is 0.0139. The monoisotopic (exact) mass is 478 g/mol. The molecule has 1 aliphatic heterocycles. The van der Waals surface area contributed by atoms with Gasteiger partial charge in [-0.2, -0.15) is 4.31 Å². The van der Waals surface area contributed by atoms with Gasteiger partial charge in [-0.3, -0.25) is 4.79 Å². The fraction of sp³-hybridized carbons (Fsp3) is 0.391. The average molecular weight is 479 g/mol. The largest absolute Gasteiger partial charge is 0.452 e. The van der Waals surface area contributed by atoms with E-state index in [1.807, 2.05) is 18.2 Å². The number of para-hydroxylation sites is 1. The first-order valence-electron chi connectivity index (χ1n) is 10.6. The van der Waals surface area contributed by atoms with Crippen molar-refractivity contribution in [1.29, 1.82) is 0 Å². The second-order valence-electron chi connectivity index (χ2n) is 7.78. The molecule has 172 valence electrons. The Morgan fingerprint density at radius 3 is 2.53 bits per heavy atom. The number of nitrogens with one attached hydrogen (secondary N) is 1. The summed E-state index contributed by atoms with van der Waals surface area (Å²) in [6.45, 7) is 4.48. The van der Waals surface area contributed by atoms with Gasteiger partial charge in [0.15, 0.2) is 6.61 Å². The number of nitrogens with zero attached hydrogens (tertiary/aromatic N) is 1. The third-order valence-electron chi connectivity index (χ3n) is 5.56. The van der Waals surface area contributed by atoms with Crippen molar-refractivity contribution in [3.63, 3.8) is 0 Å². The Kier molecular flexibility index (Phi) is 7.92. The summed E-state index contributed by atoms with van der Waals surface area (Å²) < 4.78 is 32.1. The Morgan fingerprint density at radius 1 is 1.16 bits per heavy atom. The molecule has 0 aromatic heterocycles. The van der Waals surface area contributed by atoms with Crippen LogP contribution in [0.4, 0.5) is 5.69 Å². The van der Waals surface area contributed by atoms with E-state index in [1.54, 1.807) is 6.07 Å². The standard InChI is InChI=1S/C23H27ClN2O5S/c1-3-16(2)18-8-4-5-9-20(18)25-22(27)15-31-23(28)17-10-11-19(24)21(14-17)32(29,30)26-12-6-7-13-26/h4-5,8-11,14,16H,3,6-7,12-13,15H2,1-2H3,(H,25,27)/t16-/m0/s1. The lowest BCUT2D eigenvalue weighted by molar-refractivity contribution is -0.119. The summed E-state index contributed by atoms with van der Waals surface area (Å²) in [4.78, 5) is 24.7. The van der Waals surface area contributed by atoms with Gasteiger partial charge in [-0.25, -0.2) is 13.2 Å². The minimum Gasteiger partial charge on any atom is -0.452 e. The van der Waals surface area contributed by atoms with E-state index in [0.717, 1.165) is 24.8 Å². The van der Waals surface area contributed by atoms with Gasteiger partial charge in [0.05, 0.1) is 10.6 Å². The first-order chi connectivity index (χ1) is 15.2. The number of hydrogen-bond acceptors (Lipinski definition) is 5. The molecule has 32 heavy (non-hydrogen) atoms. The van der Waals surface area contributed by atoms with E-state index in [1.165, 1.54) is 22.5 Å². The smallest absolute Gasteiger partial charge is 0.338 e. The van der Waals surface area contributed by atoms with Crippen LogP contribution in [0.3, 0.4) is 0 Å². The van der Waals surface area contributed by atoms with Crippen molar-refractivity contribution in [2.75, 3.05) is 25.0 Å². The second-order valence-corrected chi connectivity index (χ2v) is 10.1. The zero-order valence-electron chi connectivity index (χ0n) is 18.1. The van der Waals surface area contributed by atoms with Crippen LogP contribution >= 0.6 is 11.6 Å². The van der Waals surface area contributed by atoms with Gasteiger partial charge in [0, 0.05) is 18.8 Å². The third-order valence-corrected chi connectivity index (χ3v) is 7.94. The summed E-state index contributed by atoms with van der Waals surface area (Å²) in [6, 6.07) is 11.4. The summed E-state index contributed by atoms with van der Waals surface area (Å²) in [5, 5.41) is 2.81. The fourth-order valence-corrected chi connectivity index (χ4v) is 5.57. The maximum Gasteiger partial charge on any atom is 0.338 e. The zero-order valence-corrected chi connectivity index (χ0v) is 19.7. The van der Waals surface area contributed by atoms with Gasteiger partial charge in [-0.05, 0) is 55.0 Å². The van der Waals surface area contributed by atoms with Crippen LogP contribution in [-0.2, 0) is 19.6 Å². The first-order valence-corrected chi connectivity index (χ1v) is 12.4. The predicted octanol–water partition coefficient (Wildman–Crippen LogP) is 4.43. The first kappa shape index (κ1) is 24.2. The van der Waals surface area contributed by atoms with Gasteiger partial charge in [0.1, 0.15) is 4.90 Å². The number of benzene rings is 2. The van der Waals surface area contributed by atoms with Crippen LogP contribution in [0.5, 0.6) is 0 Å². The van der Waals surface area contributed by atoms with Crippen molar-refractivity contribution in [1.82, 2.24) is 4.31 Å². The number of hydrogen-bond donors (Lipinski definition) is 1. The van der Waals surface area contributed by atoms with Gasteiger partial charge < -0.3 is 10.1 Å². The Bertz CT molecular complexity index is 1100. The van der Waals surface area contributed by atoms with Crippen molar-refractivity contribution >= 4 is 39.2 Å². The molecule has 1 atom stereocenters. The van der Waals surface area contributed by atoms with Gasteiger partial charge in [-0.1, -0.05) is 43.6 Å². The summed E-state index contributed by atoms with van der Waals surface area (Å²) in [6.07, 6.45) is 2.49. The molecule has 7 nitrogen and oxygen atoms in total. The molecule has 9 heteroatoms. The van der Waals surface area contributed by atoms with Gasteiger partial charge in [-0.15, -0.1) is 0 Å². The van der Waals surface area contributed by atoms with Crippen molar-refractivity contribution in [2.24, 2.45) is 0 Å². The Labute approximate surface area is 193 Å². The number of carbonyl (C=O) groups is 2. The van der Waals surface area contributed by atoms with Crippen LogP contribution in [0.1, 0.15) is 54.9 Å². The number of carbonyl (C=O) groups excluding carboxylic acids is 2. The fourth-order valence-electron chi connectivity index (χ4n) is 3.56. The van der Waals surface area contributed by atoms with E-state index in [9.17, 15) is 18.0 Å². The molecule has 1 N–H and O–H groups in total. The van der Waals surface area contributed by atoms with Crippen molar-refractivity contribution < 1.29 is 22.7 Å². The molecule has 1 aliphatic rings. The average Bonchev–Trinajstić information content (AvgIpc) is 3.33. The third kappa shape index (κ3) is 5.49. The molecule has 0 aliphatic carbocycles. The van der Waals surface area contributed by atoms with Crippen LogP contribution in [0, 0.1) is 0 Å². The Morgan fingerprint density at radius 2 is 1.84 bits per heavy atom. The number of esters is 1. The predicted molar refractivity (Wildman–Crippen MR) is 124 cm³/mol. The van der Waals surface area contributed by atoms with Gasteiger partial charge in [0.25, 0.3) is 5.91 Å². The molecule has 1 fully saturated rings. The highest BCUT2D eigenvalue weighted by Gasteiger charge is 2.30. The highest BCUT2D eigenvalue weighted by molar-refractivity contribution is 7.89. The molecule has 0 bridgehead atoms. The van der Waals surface area contributed by atoms with Crippen LogP contribution in [0.2, 0.25) is 5.02 Å². The Hall–Kier alpha value is -2.42. The molecular formula is C23H27ClN2O5S. The Balaban J connectivity index is 1.67. The van der Waals surface area contributed by atoms with Crippen molar-refractivity contribution in [3.8, 4) is 0 Å². The quantitative estimate of drug-likeness (QED) is 0.566. The summed E-state index contributed by atoms with van der Waals surface area (Å²) in [7, 11) is -3.80. The summed E-state index contributed by atoms with van der Waals surface area (Å²) in [5.41, 5.74) is 1.69. The topological polar surface area (TPSA) is 92.8 Å². The number of ether oxygens (including phenoxy) is 1. The lowest BCUT2D eigenvalue weighted by atomic mass is 9.97. The number of amides is 1. The molecule has 2 aromatic rings. The van der Waals surface area contributed by atoms with Crippen LogP contribution < -0.4 is 5.32 Å². The van der Waals surface area contributed by atoms with Crippen LogP contribution in [0.15, 0.2) is 47.4 Å². The molecule has 2 aromatic carbocycles. The molecule has 1 amide bonds. The van der Waals surface area contributed by atoms with Crippen LogP contribution in [-0.4, -0.2) is 44.3 Å². The molecule has 0 spiro atoms. The van der Waals surface area contributed by atoms with E-state index in [-0.39, 0.29) is 21.4 Å². The molecule has 3 rings (SSSR count). The number of halogens is 1. The lowest BCUT2D eigenvalue weighted by Crippen LogP contribution is -2.28. The van der Waals surface area contributed by atoms with Gasteiger partial charge >= 0.3 is 5.97 Å². The highest BCUT2D eigenvalue weighted by Crippen LogP contribution is 2.29. The molecule has 1 heterocycles. The van der Waals surface area contributed by atoms with E-state index in [0.29, 0.717) is 18.8 Å². The number of sulfonamides is 1. The minimum atomic E-state index is -3.80. The van der Waals surface area contributed by atoms with Gasteiger partial charge in [0.2, 0.25) is 10.0 Å².